The normalized spacial score (nSPS) is 13.7. The first kappa shape index (κ1) is 36.2. The number of aryl methyl sites for hydroxylation is 1. The fraction of sp³-hybridized carbons (Fsp3) is 0.364. The predicted molar refractivity (Wildman–Crippen MR) is 101 cm³/mol. The average molecular weight is 465 g/mol. The Morgan fingerprint density at radius 3 is 1.65 bits per heavy atom. The van der Waals surface area contributed by atoms with Crippen molar-refractivity contribution in [3.8, 4) is 0 Å². The number of benzene rings is 1. The van der Waals surface area contributed by atoms with E-state index in [2.05, 4.69) is 101 Å². The number of ether oxygens (including phenoxy) is 1. The second-order valence-corrected chi connectivity index (χ2v) is 7.01. The molecule has 1 aromatic rings. The maximum absolute atomic E-state index is 7.50. The van der Waals surface area contributed by atoms with Crippen LogP contribution >= 0.6 is 0 Å². The first-order valence-electron chi connectivity index (χ1n) is 8.08. The van der Waals surface area contributed by atoms with Gasteiger partial charge in [0.2, 0.25) is 0 Å². The number of hydroxylamine groups is 2. The minimum atomic E-state index is -0.0866. The van der Waals surface area contributed by atoms with E-state index in [0.717, 1.165) is 15.9 Å². The van der Waals surface area contributed by atoms with Crippen LogP contribution in [-0.4, -0.2) is 23.8 Å². The monoisotopic (exact) mass is 465 g/mol. The number of rotatable bonds is 3. The van der Waals surface area contributed by atoms with Crippen LogP contribution in [0.5, 0.6) is 0 Å². The van der Waals surface area contributed by atoms with Crippen molar-refractivity contribution < 1.29 is 48.7 Å². The van der Waals surface area contributed by atoms with Gasteiger partial charge in [-0.3, -0.25) is 0 Å². The number of hydrogen-bond acceptors (Lipinski definition) is 3. The van der Waals surface area contributed by atoms with E-state index in [4.69, 9.17) is 32.8 Å². The molecule has 1 heterocycles. The van der Waals surface area contributed by atoms with Gasteiger partial charge in [-0.15, -0.1) is 0 Å². The molecule has 0 amide bonds. The number of hydrogen-bond donors (Lipinski definition) is 0. The van der Waals surface area contributed by atoms with E-state index in [-0.39, 0.29) is 11.5 Å². The molecule has 0 radical (unpaired) electrons. The molecule has 0 fully saturated rings. The van der Waals surface area contributed by atoms with Crippen molar-refractivity contribution in [3.05, 3.63) is 80.0 Å². The zero-order chi connectivity index (χ0) is 25.8. The maximum atomic E-state index is 7.50. The van der Waals surface area contributed by atoms with Gasteiger partial charge in [-0.05, 0) is 0 Å². The molecule has 0 bridgehead atoms. The molecule has 0 saturated heterocycles. The Labute approximate surface area is 191 Å². The van der Waals surface area contributed by atoms with Crippen molar-refractivity contribution in [2.45, 2.75) is 33.7 Å². The van der Waals surface area contributed by atoms with Crippen LogP contribution in [0.15, 0.2) is 35.6 Å². The third kappa shape index (κ3) is 11.7. The second kappa shape index (κ2) is 21.0. The molecule has 164 valence electrons. The summed E-state index contributed by atoms with van der Waals surface area (Å²) in [4.78, 5) is 6.05. The Bertz CT molecular complexity index is 746. The van der Waals surface area contributed by atoms with Gasteiger partial charge in [0, 0.05) is 0 Å². The number of methoxy groups -OCH3 is 1. The molecule has 9 heteroatoms. The predicted octanol–water partition coefficient (Wildman–Crippen LogP) is 3.35. The Hall–Kier alpha value is -2.22. The third-order valence-corrected chi connectivity index (χ3v) is 4.20. The van der Waals surface area contributed by atoms with Crippen molar-refractivity contribution in [1.82, 2.24) is 5.06 Å². The van der Waals surface area contributed by atoms with Crippen molar-refractivity contribution in [1.29, 1.82) is 0 Å². The summed E-state index contributed by atoms with van der Waals surface area (Å²) in [6.07, 6.45) is 0. The Morgan fingerprint density at radius 2 is 1.32 bits per heavy atom. The molecule has 1 aliphatic heterocycles. The van der Waals surface area contributed by atoms with E-state index in [0.29, 0.717) is 0 Å². The molecule has 0 aromatic heterocycles. The number of allylic oxidation sites excluding steroid dienone is 1. The first-order valence-corrected chi connectivity index (χ1v) is 8.72. The molecule has 8 nitrogen and oxygen atoms in total. The van der Waals surface area contributed by atoms with Crippen LogP contribution in [0.4, 0.5) is 0 Å². The molecule has 0 spiro atoms. The summed E-state index contributed by atoms with van der Waals surface area (Å²) < 4.78 is 43.8. The summed E-state index contributed by atoms with van der Waals surface area (Å²) in [5, 5.41) is 1.90. The SMILES string of the molecule is CO[C](=[Cr])C1=C(C(C)(C)C)ON(C)C1c1ccc(C)cc1.[C-]#[O+].[C-]#[O+].[C-]#[O+].[C-]#[O+].[C-]#[O+]. The molecule has 0 saturated carbocycles. The zero-order valence-corrected chi connectivity index (χ0v) is 19.4. The average Bonchev–Trinajstić information content (AvgIpc) is 3.18. The van der Waals surface area contributed by atoms with Gasteiger partial charge < -0.3 is 0 Å². The van der Waals surface area contributed by atoms with Crippen molar-refractivity contribution in [3.63, 3.8) is 0 Å². The van der Waals surface area contributed by atoms with Gasteiger partial charge in [-0.25, -0.2) is 0 Å². The fourth-order valence-corrected chi connectivity index (χ4v) is 2.85. The third-order valence-electron chi connectivity index (χ3n) is 3.60. The summed E-state index contributed by atoms with van der Waals surface area (Å²) in [5.74, 6) is 0.950. The molecule has 1 unspecified atom stereocenters. The quantitative estimate of drug-likeness (QED) is 0.503. The summed E-state index contributed by atoms with van der Waals surface area (Å²) in [6, 6.07) is 8.59. The number of nitrogens with zero attached hydrogens (tertiary/aromatic N) is 1. The standard InChI is InChI=1S/C17H23NO2.5CO.Cr/c1-12-7-9-13(10-8-12)15-14(11-19-6)16(17(2,3)4)20-18(15)5;5*1-2;/h7-10,15H,1-6H3;;;;;;. The van der Waals surface area contributed by atoms with E-state index < -0.39 is 0 Å². The van der Waals surface area contributed by atoms with Crippen LogP contribution in [0.2, 0.25) is 0 Å². The van der Waals surface area contributed by atoms with Crippen molar-refractivity contribution in [2.75, 3.05) is 14.2 Å². The van der Waals surface area contributed by atoms with Crippen LogP contribution in [0.1, 0.15) is 37.9 Å². The van der Waals surface area contributed by atoms with Gasteiger partial charge in [0.1, 0.15) is 0 Å². The molecule has 1 aromatic carbocycles. The van der Waals surface area contributed by atoms with Gasteiger partial charge in [0.15, 0.2) is 0 Å². The van der Waals surface area contributed by atoms with Gasteiger partial charge in [-0.1, -0.05) is 0 Å². The summed E-state index contributed by atoms with van der Waals surface area (Å²) in [7, 11) is 3.65. The van der Waals surface area contributed by atoms with E-state index >= 15 is 0 Å². The van der Waals surface area contributed by atoms with E-state index in [9.17, 15) is 0 Å². The minimum absolute atomic E-state index is 0.0380. The molecule has 31 heavy (non-hydrogen) atoms. The van der Waals surface area contributed by atoms with Crippen LogP contribution < -0.4 is 0 Å². The van der Waals surface area contributed by atoms with E-state index in [1.807, 2.05) is 12.1 Å². The second-order valence-electron chi connectivity index (χ2n) is 6.44. The zero-order valence-electron chi connectivity index (χ0n) is 18.1. The Kier molecular flexibility index (Phi) is 24.5. The Morgan fingerprint density at radius 1 is 0.935 bits per heavy atom. The molecule has 1 atom stereocenters. The molecular formula is C22H23CrNO7. The fourth-order valence-electron chi connectivity index (χ4n) is 2.53. The summed E-state index contributed by atoms with van der Waals surface area (Å²) in [6.45, 7) is 31.0. The molecule has 1 aliphatic rings. The molecule has 0 aliphatic carbocycles. The Balaban J connectivity index is -0.000000320. The first-order chi connectivity index (χ1) is 14.8. The van der Waals surface area contributed by atoms with Crippen LogP contribution in [0, 0.1) is 45.6 Å². The molecule has 2 rings (SSSR count). The van der Waals surface area contributed by atoms with Gasteiger partial charge in [0.25, 0.3) is 0 Å². The topological polar surface area (TPSA) is 121 Å². The van der Waals surface area contributed by atoms with Crippen LogP contribution in [0.25, 0.3) is 0 Å². The van der Waals surface area contributed by atoms with Gasteiger partial charge >= 0.3 is 192 Å². The van der Waals surface area contributed by atoms with Crippen molar-refractivity contribution in [2.24, 2.45) is 5.41 Å². The van der Waals surface area contributed by atoms with Crippen LogP contribution in [0.3, 0.4) is 0 Å². The summed E-state index contributed by atoms with van der Waals surface area (Å²) >= 11 is 3.03. The van der Waals surface area contributed by atoms with Crippen LogP contribution in [-0.2, 0) is 48.7 Å². The van der Waals surface area contributed by atoms with Gasteiger partial charge in [0.05, 0.1) is 0 Å². The van der Waals surface area contributed by atoms with Gasteiger partial charge in [-0.2, -0.15) is 0 Å². The number of likely N-dealkylation sites (N-methyl/N-ethyl adjacent to an activating group) is 1. The molecule has 0 N–H and O–H groups in total. The summed E-state index contributed by atoms with van der Waals surface area (Å²) in [5.41, 5.74) is 3.44. The van der Waals surface area contributed by atoms with E-state index in [1.54, 1.807) is 7.11 Å². The van der Waals surface area contributed by atoms with E-state index in [1.165, 1.54) is 11.1 Å². The molecular weight excluding hydrogens is 442 g/mol. The van der Waals surface area contributed by atoms with Crippen molar-refractivity contribution >= 4 is 4.57 Å².